The molecule has 3 heteroatoms. The third-order valence-electron chi connectivity index (χ3n) is 2.84. The lowest BCUT2D eigenvalue weighted by molar-refractivity contribution is 0.622. The van der Waals surface area contributed by atoms with Gasteiger partial charge in [-0.05, 0) is 43.2 Å². The van der Waals surface area contributed by atoms with Gasteiger partial charge in [0.05, 0.1) is 5.69 Å². The van der Waals surface area contributed by atoms with E-state index in [0.717, 1.165) is 11.3 Å². The molecule has 3 N–H and O–H groups in total. The van der Waals surface area contributed by atoms with Crippen molar-refractivity contribution in [2.45, 2.75) is 13.8 Å². The van der Waals surface area contributed by atoms with Crippen molar-refractivity contribution in [3.63, 3.8) is 0 Å². The van der Waals surface area contributed by atoms with Gasteiger partial charge in [-0.25, -0.2) is 4.39 Å². The second kappa shape index (κ2) is 4.45. The van der Waals surface area contributed by atoms with Crippen molar-refractivity contribution < 1.29 is 4.39 Å². The maximum atomic E-state index is 13.8. The average Bonchev–Trinajstić information content (AvgIpc) is 2.31. The summed E-state index contributed by atoms with van der Waals surface area (Å²) in [6.45, 7) is 3.65. The minimum atomic E-state index is -0.227. The smallest absolute Gasteiger partial charge is 0.149 e. The largest absolute Gasteiger partial charge is 0.398 e. The van der Waals surface area contributed by atoms with Gasteiger partial charge in [0.2, 0.25) is 0 Å². The van der Waals surface area contributed by atoms with Crippen LogP contribution in [0.2, 0.25) is 0 Å². The zero-order valence-electron chi connectivity index (χ0n) is 9.92. The molecule has 88 valence electrons. The molecule has 0 saturated carbocycles. The van der Waals surface area contributed by atoms with Crippen LogP contribution in [0.25, 0.3) is 0 Å². The SMILES string of the molecule is Cc1cccc(Nc2cccc(N)c2C)c1F. The number of benzene rings is 2. The zero-order valence-corrected chi connectivity index (χ0v) is 9.92. The molecule has 17 heavy (non-hydrogen) atoms. The normalized spacial score (nSPS) is 10.3. The molecular formula is C14H15FN2. The maximum Gasteiger partial charge on any atom is 0.149 e. The summed E-state index contributed by atoms with van der Waals surface area (Å²) < 4.78 is 13.8. The number of hydrogen-bond donors (Lipinski definition) is 2. The number of hydrogen-bond acceptors (Lipinski definition) is 2. The highest BCUT2D eigenvalue weighted by Gasteiger charge is 2.07. The highest BCUT2D eigenvalue weighted by atomic mass is 19.1. The van der Waals surface area contributed by atoms with E-state index in [1.54, 1.807) is 19.1 Å². The van der Waals surface area contributed by atoms with Crippen LogP contribution in [0.15, 0.2) is 36.4 Å². The van der Waals surface area contributed by atoms with Gasteiger partial charge in [-0.1, -0.05) is 18.2 Å². The first-order chi connectivity index (χ1) is 8.09. The summed E-state index contributed by atoms with van der Waals surface area (Å²) in [6.07, 6.45) is 0. The van der Waals surface area contributed by atoms with Crippen molar-refractivity contribution in [2.75, 3.05) is 11.1 Å². The highest BCUT2D eigenvalue weighted by molar-refractivity contribution is 5.69. The van der Waals surface area contributed by atoms with Gasteiger partial charge >= 0.3 is 0 Å². The fourth-order valence-electron chi connectivity index (χ4n) is 1.68. The third-order valence-corrected chi connectivity index (χ3v) is 2.84. The molecule has 0 heterocycles. The molecule has 2 nitrogen and oxygen atoms in total. The van der Waals surface area contributed by atoms with Gasteiger partial charge in [-0.3, -0.25) is 0 Å². The first-order valence-corrected chi connectivity index (χ1v) is 5.47. The van der Waals surface area contributed by atoms with Crippen LogP contribution >= 0.6 is 0 Å². The van der Waals surface area contributed by atoms with Gasteiger partial charge in [0, 0.05) is 11.4 Å². The number of nitrogens with one attached hydrogen (secondary N) is 1. The van der Waals surface area contributed by atoms with Gasteiger partial charge in [0.15, 0.2) is 0 Å². The molecule has 0 fully saturated rings. The number of nitrogen functional groups attached to an aromatic ring is 1. The third kappa shape index (κ3) is 2.23. The molecule has 0 bridgehead atoms. The Hall–Kier alpha value is -2.03. The molecule has 0 spiro atoms. The van der Waals surface area contributed by atoms with Gasteiger partial charge in [-0.15, -0.1) is 0 Å². The Morgan fingerprint density at radius 1 is 1.00 bits per heavy atom. The fraction of sp³-hybridized carbons (Fsp3) is 0.143. The minimum Gasteiger partial charge on any atom is -0.398 e. The van der Waals surface area contributed by atoms with E-state index in [4.69, 9.17) is 5.73 Å². The van der Waals surface area contributed by atoms with Crippen LogP contribution < -0.4 is 11.1 Å². The molecule has 2 rings (SSSR count). The highest BCUT2D eigenvalue weighted by Crippen LogP contribution is 2.26. The number of anilines is 3. The van der Waals surface area contributed by atoms with Crippen LogP contribution in [-0.4, -0.2) is 0 Å². The molecule has 0 aliphatic rings. The topological polar surface area (TPSA) is 38.0 Å². The van der Waals surface area contributed by atoms with Crippen LogP contribution in [0.1, 0.15) is 11.1 Å². The summed E-state index contributed by atoms with van der Waals surface area (Å²) in [4.78, 5) is 0. The van der Waals surface area contributed by atoms with Crippen molar-refractivity contribution in [2.24, 2.45) is 0 Å². The Kier molecular flexibility index (Phi) is 3.00. The van der Waals surface area contributed by atoms with Crippen LogP contribution in [0.3, 0.4) is 0 Å². The Bertz CT molecular complexity index is 500. The van der Waals surface area contributed by atoms with Crippen molar-refractivity contribution in [3.8, 4) is 0 Å². The van der Waals surface area contributed by atoms with Crippen molar-refractivity contribution in [1.29, 1.82) is 0 Å². The lowest BCUT2D eigenvalue weighted by Gasteiger charge is -2.12. The molecular weight excluding hydrogens is 215 g/mol. The van der Waals surface area contributed by atoms with Gasteiger partial charge in [0.1, 0.15) is 5.82 Å². The predicted octanol–water partition coefficient (Wildman–Crippen LogP) is 3.77. The second-order valence-corrected chi connectivity index (χ2v) is 4.08. The van der Waals surface area contributed by atoms with E-state index in [-0.39, 0.29) is 5.82 Å². The summed E-state index contributed by atoms with van der Waals surface area (Å²) in [5.41, 5.74) is 9.35. The van der Waals surface area contributed by atoms with E-state index in [1.165, 1.54) is 0 Å². The van der Waals surface area contributed by atoms with Crippen molar-refractivity contribution in [3.05, 3.63) is 53.3 Å². The number of rotatable bonds is 2. The summed E-state index contributed by atoms with van der Waals surface area (Å²) in [7, 11) is 0. The van der Waals surface area contributed by atoms with Crippen LogP contribution in [0.4, 0.5) is 21.5 Å². The molecule has 0 atom stereocenters. The lowest BCUT2D eigenvalue weighted by Crippen LogP contribution is -1.99. The Labute approximate surface area is 100 Å². The number of halogens is 1. The molecule has 0 unspecified atom stereocenters. The quantitative estimate of drug-likeness (QED) is 0.771. The summed E-state index contributed by atoms with van der Waals surface area (Å²) >= 11 is 0. The van der Waals surface area contributed by atoms with Gasteiger partial charge < -0.3 is 11.1 Å². The average molecular weight is 230 g/mol. The Morgan fingerprint density at radius 3 is 2.41 bits per heavy atom. The molecule has 2 aromatic rings. The van der Waals surface area contributed by atoms with E-state index in [0.29, 0.717) is 16.9 Å². The summed E-state index contributed by atoms with van der Waals surface area (Å²) in [5.74, 6) is -0.227. The zero-order chi connectivity index (χ0) is 12.4. The Morgan fingerprint density at radius 2 is 1.65 bits per heavy atom. The van der Waals surface area contributed by atoms with E-state index in [1.807, 2.05) is 31.2 Å². The van der Waals surface area contributed by atoms with E-state index in [2.05, 4.69) is 5.32 Å². The lowest BCUT2D eigenvalue weighted by atomic mass is 10.1. The van der Waals surface area contributed by atoms with E-state index in [9.17, 15) is 4.39 Å². The van der Waals surface area contributed by atoms with Crippen molar-refractivity contribution in [1.82, 2.24) is 0 Å². The monoisotopic (exact) mass is 230 g/mol. The molecule has 0 saturated heterocycles. The molecule has 0 aliphatic carbocycles. The summed E-state index contributed by atoms with van der Waals surface area (Å²) in [5, 5.41) is 3.07. The van der Waals surface area contributed by atoms with Gasteiger partial charge in [-0.2, -0.15) is 0 Å². The standard InChI is InChI=1S/C14H15FN2/c1-9-5-3-8-13(14(9)15)17-12-7-4-6-11(16)10(12)2/h3-8,17H,16H2,1-2H3. The first kappa shape index (κ1) is 11.5. The fourth-order valence-corrected chi connectivity index (χ4v) is 1.68. The van der Waals surface area contributed by atoms with Gasteiger partial charge in [0.25, 0.3) is 0 Å². The van der Waals surface area contributed by atoms with E-state index < -0.39 is 0 Å². The molecule has 0 aromatic heterocycles. The van der Waals surface area contributed by atoms with Crippen LogP contribution in [0, 0.1) is 19.7 Å². The Balaban J connectivity index is 2.38. The molecule has 0 radical (unpaired) electrons. The number of nitrogens with two attached hydrogens (primary N) is 1. The number of aryl methyl sites for hydroxylation is 1. The molecule has 0 aliphatic heterocycles. The van der Waals surface area contributed by atoms with E-state index >= 15 is 0 Å². The van der Waals surface area contributed by atoms with Crippen molar-refractivity contribution >= 4 is 17.1 Å². The maximum absolute atomic E-state index is 13.8. The predicted molar refractivity (Wildman–Crippen MR) is 70.0 cm³/mol. The first-order valence-electron chi connectivity index (χ1n) is 5.47. The summed E-state index contributed by atoms with van der Waals surface area (Å²) in [6, 6.07) is 10.8. The molecule has 2 aromatic carbocycles. The minimum absolute atomic E-state index is 0.227. The molecule has 0 amide bonds. The second-order valence-electron chi connectivity index (χ2n) is 4.08. The van der Waals surface area contributed by atoms with Crippen LogP contribution in [0.5, 0.6) is 0 Å². The van der Waals surface area contributed by atoms with Crippen LogP contribution in [-0.2, 0) is 0 Å².